The first-order valence-corrected chi connectivity index (χ1v) is 13.8. The van der Waals surface area contributed by atoms with E-state index in [4.69, 9.17) is 9.47 Å². The highest BCUT2D eigenvalue weighted by Gasteiger charge is 2.25. The fourth-order valence-corrected chi connectivity index (χ4v) is 5.76. The van der Waals surface area contributed by atoms with E-state index in [0.29, 0.717) is 55.4 Å². The minimum absolute atomic E-state index is 0.177. The molecule has 0 aliphatic heterocycles. The SMILES string of the molecule is C=CCCOc1ccc(C2CCC(CCc3ccc(C4=CCC(OCC)CC4)c(F)c3F)CC2)cc1F. The fourth-order valence-electron chi connectivity index (χ4n) is 5.76. The van der Waals surface area contributed by atoms with Crippen molar-refractivity contribution in [3.05, 3.63) is 83.2 Å². The molecule has 2 aromatic carbocycles. The summed E-state index contributed by atoms with van der Waals surface area (Å²) in [6.07, 6.45) is 12.3. The van der Waals surface area contributed by atoms with Crippen molar-refractivity contribution in [1.29, 1.82) is 0 Å². The van der Waals surface area contributed by atoms with Crippen LogP contribution in [0, 0.1) is 23.4 Å². The molecule has 0 N–H and O–H groups in total. The van der Waals surface area contributed by atoms with Crippen LogP contribution in [0.3, 0.4) is 0 Å². The molecular formula is C32H39F3O2. The first kappa shape index (κ1) is 27.5. The van der Waals surface area contributed by atoms with E-state index in [1.54, 1.807) is 30.3 Å². The van der Waals surface area contributed by atoms with Crippen molar-refractivity contribution in [2.75, 3.05) is 13.2 Å². The third-order valence-corrected chi connectivity index (χ3v) is 7.95. The highest BCUT2D eigenvalue weighted by atomic mass is 19.2. The topological polar surface area (TPSA) is 18.5 Å². The van der Waals surface area contributed by atoms with Crippen molar-refractivity contribution in [3.63, 3.8) is 0 Å². The summed E-state index contributed by atoms with van der Waals surface area (Å²) in [5, 5.41) is 0. The summed E-state index contributed by atoms with van der Waals surface area (Å²) >= 11 is 0. The molecule has 4 rings (SSSR count). The van der Waals surface area contributed by atoms with Gasteiger partial charge in [0.25, 0.3) is 0 Å². The van der Waals surface area contributed by atoms with Gasteiger partial charge in [0.1, 0.15) is 0 Å². The predicted octanol–water partition coefficient (Wildman–Crippen LogP) is 8.94. The van der Waals surface area contributed by atoms with Gasteiger partial charge < -0.3 is 9.47 Å². The van der Waals surface area contributed by atoms with E-state index in [1.165, 1.54) is 0 Å². The number of allylic oxidation sites excluding steroid dienone is 1. The molecule has 0 saturated heterocycles. The van der Waals surface area contributed by atoms with Gasteiger partial charge in [-0.2, -0.15) is 0 Å². The molecule has 37 heavy (non-hydrogen) atoms. The second-order valence-electron chi connectivity index (χ2n) is 10.4. The molecule has 0 radical (unpaired) electrons. The fraction of sp³-hybridized carbons (Fsp3) is 0.500. The van der Waals surface area contributed by atoms with Crippen LogP contribution in [0.1, 0.15) is 87.3 Å². The van der Waals surface area contributed by atoms with Gasteiger partial charge in [0.15, 0.2) is 23.2 Å². The Kier molecular flexibility index (Phi) is 9.90. The lowest BCUT2D eigenvalue weighted by Gasteiger charge is -2.29. The maximum absolute atomic E-state index is 15.0. The Labute approximate surface area is 219 Å². The van der Waals surface area contributed by atoms with E-state index >= 15 is 0 Å². The summed E-state index contributed by atoms with van der Waals surface area (Å²) in [5.41, 5.74) is 2.74. The van der Waals surface area contributed by atoms with Crippen molar-refractivity contribution in [2.24, 2.45) is 5.92 Å². The van der Waals surface area contributed by atoms with Crippen LogP contribution in [0.5, 0.6) is 5.75 Å². The Bertz CT molecular complexity index is 1090. The van der Waals surface area contributed by atoms with Crippen LogP contribution >= 0.6 is 0 Å². The Morgan fingerprint density at radius 3 is 2.49 bits per heavy atom. The lowest BCUT2D eigenvalue weighted by molar-refractivity contribution is 0.0579. The summed E-state index contributed by atoms with van der Waals surface area (Å²) in [6, 6.07) is 8.80. The molecular weight excluding hydrogens is 473 g/mol. The zero-order valence-corrected chi connectivity index (χ0v) is 21.9. The molecule has 0 bridgehead atoms. The quantitative estimate of drug-likeness (QED) is 0.221. The van der Waals surface area contributed by atoms with Gasteiger partial charge in [0.05, 0.1) is 12.7 Å². The predicted molar refractivity (Wildman–Crippen MR) is 143 cm³/mol. The van der Waals surface area contributed by atoms with Gasteiger partial charge in [-0.15, -0.1) is 6.58 Å². The molecule has 2 aliphatic carbocycles. The highest BCUT2D eigenvalue weighted by Crippen LogP contribution is 2.39. The van der Waals surface area contributed by atoms with Crippen LogP contribution in [0.2, 0.25) is 0 Å². The molecule has 0 heterocycles. The number of hydrogen-bond donors (Lipinski definition) is 0. The van der Waals surface area contributed by atoms with Gasteiger partial charge in [-0.25, -0.2) is 13.2 Å². The summed E-state index contributed by atoms with van der Waals surface area (Å²) in [5.74, 6) is -0.656. The van der Waals surface area contributed by atoms with Gasteiger partial charge in [0.2, 0.25) is 0 Å². The Morgan fingerprint density at radius 1 is 1.00 bits per heavy atom. The zero-order chi connectivity index (χ0) is 26.2. The third-order valence-electron chi connectivity index (χ3n) is 7.95. The van der Waals surface area contributed by atoms with E-state index in [2.05, 4.69) is 6.58 Å². The Balaban J connectivity index is 1.28. The van der Waals surface area contributed by atoms with Crippen LogP contribution in [0.15, 0.2) is 49.1 Å². The summed E-state index contributed by atoms with van der Waals surface area (Å²) < 4.78 is 55.5. The van der Waals surface area contributed by atoms with Crippen LogP contribution in [0.4, 0.5) is 13.2 Å². The van der Waals surface area contributed by atoms with Gasteiger partial charge in [0, 0.05) is 12.2 Å². The highest BCUT2D eigenvalue weighted by molar-refractivity contribution is 5.67. The van der Waals surface area contributed by atoms with E-state index in [1.807, 2.05) is 19.1 Å². The number of hydrogen-bond acceptors (Lipinski definition) is 2. The minimum atomic E-state index is -0.721. The number of ether oxygens (including phenoxy) is 2. The molecule has 0 amide bonds. The number of halogens is 3. The molecule has 2 aliphatic rings. The van der Waals surface area contributed by atoms with E-state index in [9.17, 15) is 13.2 Å². The zero-order valence-electron chi connectivity index (χ0n) is 21.9. The Morgan fingerprint density at radius 2 is 1.81 bits per heavy atom. The molecule has 2 aromatic rings. The number of benzene rings is 2. The minimum Gasteiger partial charge on any atom is -0.490 e. The summed E-state index contributed by atoms with van der Waals surface area (Å²) in [6.45, 7) is 6.71. The van der Waals surface area contributed by atoms with Gasteiger partial charge >= 0.3 is 0 Å². The smallest absolute Gasteiger partial charge is 0.166 e. The molecule has 1 atom stereocenters. The molecule has 200 valence electrons. The van der Waals surface area contributed by atoms with Gasteiger partial charge in [-0.1, -0.05) is 30.4 Å². The maximum Gasteiger partial charge on any atom is 0.166 e. The lowest BCUT2D eigenvalue weighted by atomic mass is 9.77. The second-order valence-corrected chi connectivity index (χ2v) is 10.4. The van der Waals surface area contributed by atoms with Crippen LogP contribution in [-0.2, 0) is 11.2 Å². The number of rotatable bonds is 11. The van der Waals surface area contributed by atoms with Crippen molar-refractivity contribution in [2.45, 2.75) is 83.2 Å². The first-order valence-electron chi connectivity index (χ1n) is 13.8. The largest absolute Gasteiger partial charge is 0.490 e. The van der Waals surface area contributed by atoms with Crippen molar-refractivity contribution >= 4 is 5.57 Å². The van der Waals surface area contributed by atoms with Gasteiger partial charge in [-0.05, 0) is 112 Å². The normalized spacial score (nSPS) is 21.9. The molecule has 1 saturated carbocycles. The van der Waals surface area contributed by atoms with E-state index in [-0.39, 0.29) is 17.7 Å². The molecule has 1 unspecified atom stereocenters. The maximum atomic E-state index is 15.0. The number of aryl methyl sites for hydroxylation is 1. The van der Waals surface area contributed by atoms with E-state index < -0.39 is 11.6 Å². The summed E-state index contributed by atoms with van der Waals surface area (Å²) in [7, 11) is 0. The third kappa shape index (κ3) is 7.07. The monoisotopic (exact) mass is 512 g/mol. The van der Waals surface area contributed by atoms with Crippen molar-refractivity contribution in [3.8, 4) is 5.75 Å². The molecule has 0 aromatic heterocycles. The van der Waals surface area contributed by atoms with Crippen molar-refractivity contribution in [1.82, 2.24) is 0 Å². The molecule has 1 fully saturated rings. The van der Waals surface area contributed by atoms with Crippen LogP contribution in [0.25, 0.3) is 5.57 Å². The van der Waals surface area contributed by atoms with Gasteiger partial charge in [-0.3, -0.25) is 0 Å². The average molecular weight is 513 g/mol. The Hall–Kier alpha value is -2.53. The molecule has 5 heteroatoms. The first-order chi connectivity index (χ1) is 18.0. The summed E-state index contributed by atoms with van der Waals surface area (Å²) in [4.78, 5) is 0. The van der Waals surface area contributed by atoms with E-state index in [0.717, 1.165) is 56.1 Å². The standard InChI is InChI=1S/C32H39F3O2/c1-3-5-20-37-30-19-15-26(21-29(30)33)23-9-6-22(7-10-23)8-11-25-14-18-28(32(35)31(25)34)24-12-16-27(17-13-24)36-4-2/h3,12,14-15,18-19,21-23,27H,1,4-11,13,16-17,20H2,2H3. The van der Waals surface area contributed by atoms with Crippen LogP contribution in [-0.4, -0.2) is 19.3 Å². The average Bonchev–Trinajstić information content (AvgIpc) is 2.92. The van der Waals surface area contributed by atoms with Crippen LogP contribution < -0.4 is 4.74 Å². The second kappa shape index (κ2) is 13.3. The van der Waals surface area contributed by atoms with Crippen molar-refractivity contribution < 1.29 is 22.6 Å². The molecule has 2 nitrogen and oxygen atoms in total. The lowest BCUT2D eigenvalue weighted by Crippen LogP contribution is -2.16. The molecule has 0 spiro atoms.